The van der Waals surface area contributed by atoms with E-state index in [-0.39, 0.29) is 24.0 Å². The molecule has 2 rings (SSSR count). The number of halogens is 1. The molecule has 0 aromatic carbocycles. The number of ether oxygens (including phenoxy) is 2. The molecule has 1 aromatic heterocycles. The number of hydrogen-bond donors (Lipinski definition) is 2. The molecule has 1 aromatic rings. The fourth-order valence-corrected chi connectivity index (χ4v) is 3.58. The van der Waals surface area contributed by atoms with Crippen molar-refractivity contribution in [3.8, 4) is 0 Å². The van der Waals surface area contributed by atoms with E-state index in [1.165, 1.54) is 25.7 Å². The van der Waals surface area contributed by atoms with Gasteiger partial charge in [0, 0.05) is 39.5 Å². The number of nitrogens with one attached hydrogen (secondary N) is 2. The minimum Gasteiger partial charge on any atom is -0.467 e. The van der Waals surface area contributed by atoms with Gasteiger partial charge in [-0.2, -0.15) is 0 Å². The van der Waals surface area contributed by atoms with Crippen LogP contribution in [-0.4, -0.2) is 45.4 Å². The summed E-state index contributed by atoms with van der Waals surface area (Å²) in [5.74, 6) is 1.78. The van der Waals surface area contributed by atoms with Crippen molar-refractivity contribution in [1.82, 2.24) is 10.6 Å². The maximum atomic E-state index is 5.62. The van der Waals surface area contributed by atoms with Gasteiger partial charge in [0.25, 0.3) is 0 Å². The molecule has 1 aliphatic rings. The molecule has 0 unspecified atom stereocenters. The second-order valence-electron chi connectivity index (χ2n) is 7.26. The Bertz CT molecular complexity index is 517. The van der Waals surface area contributed by atoms with Gasteiger partial charge in [0.2, 0.25) is 0 Å². The van der Waals surface area contributed by atoms with Gasteiger partial charge in [0.05, 0.1) is 6.26 Å². The maximum Gasteiger partial charge on any atom is 0.191 e. The molecule has 7 heteroatoms. The molecule has 0 aliphatic heterocycles. The zero-order chi connectivity index (χ0) is 19.2. The summed E-state index contributed by atoms with van der Waals surface area (Å²) < 4.78 is 16.5. The van der Waals surface area contributed by atoms with E-state index >= 15 is 0 Å². The third kappa shape index (κ3) is 9.60. The summed E-state index contributed by atoms with van der Waals surface area (Å²) in [6.07, 6.45) is 8.89. The molecule has 1 aliphatic carbocycles. The third-order valence-corrected chi connectivity index (χ3v) is 5.14. The first-order valence-corrected chi connectivity index (χ1v) is 10.5. The van der Waals surface area contributed by atoms with Gasteiger partial charge in [-0.1, -0.05) is 12.8 Å². The minimum absolute atomic E-state index is 0. The molecule has 2 N–H and O–H groups in total. The molecule has 1 saturated carbocycles. The van der Waals surface area contributed by atoms with Crippen LogP contribution in [0.1, 0.15) is 58.1 Å². The molecule has 28 heavy (non-hydrogen) atoms. The third-order valence-electron chi connectivity index (χ3n) is 5.14. The van der Waals surface area contributed by atoms with E-state index in [4.69, 9.17) is 18.9 Å². The highest BCUT2D eigenvalue weighted by atomic mass is 127. The fraction of sp³-hybridized carbons (Fsp3) is 0.762. The summed E-state index contributed by atoms with van der Waals surface area (Å²) in [5, 5.41) is 6.78. The lowest BCUT2D eigenvalue weighted by Gasteiger charge is -2.27. The first-order valence-electron chi connectivity index (χ1n) is 10.5. The van der Waals surface area contributed by atoms with Crippen molar-refractivity contribution >= 4 is 29.9 Å². The Kier molecular flexibility index (Phi) is 13.6. The number of rotatable bonds is 13. The van der Waals surface area contributed by atoms with Crippen LogP contribution in [0.15, 0.2) is 27.8 Å². The van der Waals surface area contributed by atoms with E-state index in [2.05, 4.69) is 24.5 Å². The topological polar surface area (TPSA) is 68.0 Å². The molecule has 6 nitrogen and oxygen atoms in total. The van der Waals surface area contributed by atoms with Crippen molar-refractivity contribution in [1.29, 1.82) is 0 Å². The highest BCUT2D eigenvalue weighted by molar-refractivity contribution is 14.0. The Hall–Kier alpha value is -0.800. The van der Waals surface area contributed by atoms with Crippen molar-refractivity contribution in [2.45, 2.75) is 59.0 Å². The Labute approximate surface area is 187 Å². The molecule has 0 amide bonds. The zero-order valence-electron chi connectivity index (χ0n) is 17.5. The molecule has 0 spiro atoms. The maximum absolute atomic E-state index is 5.62. The Morgan fingerprint density at radius 1 is 1.18 bits per heavy atom. The lowest BCUT2D eigenvalue weighted by atomic mass is 9.83. The summed E-state index contributed by atoms with van der Waals surface area (Å²) in [6, 6.07) is 3.81. The van der Waals surface area contributed by atoms with Crippen LogP contribution >= 0.6 is 24.0 Å². The van der Waals surface area contributed by atoms with E-state index in [1.807, 2.05) is 12.1 Å². The molecule has 0 radical (unpaired) electrons. The van der Waals surface area contributed by atoms with Crippen LogP contribution in [0.25, 0.3) is 0 Å². The molecule has 0 saturated heterocycles. The van der Waals surface area contributed by atoms with Crippen LogP contribution in [0, 0.1) is 5.41 Å². The Balaban J connectivity index is 0.00000392. The lowest BCUT2D eigenvalue weighted by molar-refractivity contribution is 0.104. The molecule has 0 bridgehead atoms. The molecular weight excluding hydrogens is 469 g/mol. The van der Waals surface area contributed by atoms with Crippen molar-refractivity contribution < 1.29 is 13.9 Å². The molecular formula is C21H38IN3O3. The monoisotopic (exact) mass is 507 g/mol. The summed E-state index contributed by atoms with van der Waals surface area (Å²) in [5.41, 5.74) is 0.323. The average molecular weight is 507 g/mol. The van der Waals surface area contributed by atoms with Gasteiger partial charge in [-0.3, -0.25) is 4.99 Å². The lowest BCUT2D eigenvalue weighted by Crippen LogP contribution is -2.39. The first kappa shape index (κ1) is 25.2. The predicted octanol–water partition coefficient (Wildman–Crippen LogP) is 4.35. The van der Waals surface area contributed by atoms with Gasteiger partial charge in [-0.25, -0.2) is 0 Å². The van der Waals surface area contributed by atoms with Crippen LogP contribution in [0.4, 0.5) is 0 Å². The second-order valence-corrected chi connectivity index (χ2v) is 7.26. The molecule has 162 valence electrons. The van der Waals surface area contributed by atoms with E-state index in [0.29, 0.717) is 18.6 Å². The summed E-state index contributed by atoms with van der Waals surface area (Å²) in [6.45, 7) is 9.63. The zero-order valence-corrected chi connectivity index (χ0v) is 19.8. The smallest absolute Gasteiger partial charge is 0.191 e. The van der Waals surface area contributed by atoms with E-state index in [9.17, 15) is 0 Å². The SMILES string of the molecule is CCNC(=NCC1(CCOCC)CCCC1)NCCCOCc1ccco1.I. The number of aliphatic imine (C=N–C) groups is 1. The standard InChI is InChI=1S/C21H37N3O3.HI/c1-3-22-20(23-13-8-14-26-17-19-9-7-15-27-19)24-18-21(10-5-6-11-21)12-16-25-4-2;/h7,9,15H,3-6,8,10-14,16-18H2,1-2H3,(H2,22,23,24);1H. The van der Waals surface area contributed by atoms with E-state index in [1.54, 1.807) is 6.26 Å². The normalized spacial score (nSPS) is 16.0. The number of guanidine groups is 1. The highest BCUT2D eigenvalue weighted by Gasteiger charge is 2.33. The summed E-state index contributed by atoms with van der Waals surface area (Å²) in [4.78, 5) is 4.89. The minimum atomic E-state index is 0. The quantitative estimate of drug-likeness (QED) is 0.180. The highest BCUT2D eigenvalue weighted by Crippen LogP contribution is 2.41. The Morgan fingerprint density at radius 3 is 2.68 bits per heavy atom. The Morgan fingerprint density at radius 2 is 2.00 bits per heavy atom. The van der Waals surface area contributed by atoms with Gasteiger partial charge >= 0.3 is 0 Å². The molecule has 1 heterocycles. The van der Waals surface area contributed by atoms with Gasteiger partial charge < -0.3 is 24.5 Å². The number of nitrogens with zero attached hydrogens (tertiary/aromatic N) is 1. The largest absolute Gasteiger partial charge is 0.467 e. The van der Waals surface area contributed by atoms with Crippen LogP contribution in [-0.2, 0) is 16.1 Å². The predicted molar refractivity (Wildman–Crippen MR) is 124 cm³/mol. The first-order chi connectivity index (χ1) is 13.3. The number of furan rings is 1. The molecule has 0 atom stereocenters. The van der Waals surface area contributed by atoms with Crippen LogP contribution in [0.3, 0.4) is 0 Å². The van der Waals surface area contributed by atoms with Crippen molar-refractivity contribution in [3.63, 3.8) is 0 Å². The van der Waals surface area contributed by atoms with Crippen LogP contribution < -0.4 is 10.6 Å². The van der Waals surface area contributed by atoms with E-state index < -0.39 is 0 Å². The summed E-state index contributed by atoms with van der Waals surface area (Å²) in [7, 11) is 0. The van der Waals surface area contributed by atoms with Crippen molar-refractivity contribution in [2.24, 2.45) is 10.4 Å². The van der Waals surface area contributed by atoms with E-state index in [0.717, 1.165) is 57.4 Å². The molecule has 1 fully saturated rings. The van der Waals surface area contributed by atoms with Gasteiger partial charge in [0.1, 0.15) is 12.4 Å². The second kappa shape index (κ2) is 15.1. The van der Waals surface area contributed by atoms with Crippen LogP contribution in [0.2, 0.25) is 0 Å². The van der Waals surface area contributed by atoms with Gasteiger partial charge in [-0.05, 0) is 57.1 Å². The number of hydrogen-bond acceptors (Lipinski definition) is 4. The van der Waals surface area contributed by atoms with Gasteiger partial charge in [0.15, 0.2) is 5.96 Å². The van der Waals surface area contributed by atoms with Crippen molar-refractivity contribution in [3.05, 3.63) is 24.2 Å². The van der Waals surface area contributed by atoms with Gasteiger partial charge in [-0.15, -0.1) is 24.0 Å². The average Bonchev–Trinajstić information content (AvgIpc) is 3.35. The van der Waals surface area contributed by atoms with Crippen LogP contribution in [0.5, 0.6) is 0 Å². The summed E-state index contributed by atoms with van der Waals surface area (Å²) >= 11 is 0. The van der Waals surface area contributed by atoms with Crippen molar-refractivity contribution in [2.75, 3.05) is 39.5 Å². The fourth-order valence-electron chi connectivity index (χ4n) is 3.58.